The molecule has 8 heteroatoms. The van der Waals surface area contributed by atoms with E-state index < -0.39 is 19.1 Å². The maximum atomic E-state index is 11.5. The lowest BCUT2D eigenvalue weighted by molar-refractivity contribution is -0.146. The molecular formula is C8H15BN4O3. The van der Waals surface area contributed by atoms with Crippen molar-refractivity contribution in [3.63, 3.8) is 0 Å². The van der Waals surface area contributed by atoms with Crippen LogP contribution in [-0.4, -0.2) is 48.6 Å². The highest BCUT2D eigenvalue weighted by Crippen LogP contribution is 2.21. The Morgan fingerprint density at radius 1 is 1.75 bits per heavy atom. The Labute approximate surface area is 94.1 Å². The van der Waals surface area contributed by atoms with Crippen molar-refractivity contribution in [1.82, 2.24) is 4.81 Å². The smallest absolute Gasteiger partial charge is 0.377 e. The molecule has 0 bridgehead atoms. The second kappa shape index (κ2) is 5.74. The zero-order valence-electron chi connectivity index (χ0n) is 9.41. The Balaban J connectivity index is 2.76. The molecule has 1 N–H and O–H groups in total. The summed E-state index contributed by atoms with van der Waals surface area (Å²) in [6, 6.07) is -0.738. The van der Waals surface area contributed by atoms with Crippen LogP contribution >= 0.6 is 0 Å². The molecule has 16 heavy (non-hydrogen) atoms. The second-order valence-corrected chi connectivity index (χ2v) is 3.79. The van der Waals surface area contributed by atoms with Crippen LogP contribution in [0.4, 0.5) is 0 Å². The molecule has 0 aromatic rings. The molecule has 0 amide bonds. The van der Waals surface area contributed by atoms with Crippen molar-refractivity contribution in [1.29, 1.82) is 0 Å². The lowest BCUT2D eigenvalue weighted by Gasteiger charge is -2.36. The van der Waals surface area contributed by atoms with Crippen LogP contribution in [0.5, 0.6) is 0 Å². The summed E-state index contributed by atoms with van der Waals surface area (Å²) in [4.78, 5) is 15.9. The molecule has 1 heterocycles. The Hall–Kier alpha value is -1.24. The van der Waals surface area contributed by atoms with E-state index in [1.165, 1.54) is 7.11 Å². The number of hydrogen-bond acceptors (Lipinski definition) is 5. The van der Waals surface area contributed by atoms with Crippen molar-refractivity contribution >= 4 is 13.0 Å². The number of azide groups is 1. The number of esters is 1. The van der Waals surface area contributed by atoms with Gasteiger partial charge in [0.15, 0.2) is 0 Å². The first-order valence-electron chi connectivity index (χ1n) is 5.16. The van der Waals surface area contributed by atoms with Gasteiger partial charge in [0.25, 0.3) is 0 Å². The van der Waals surface area contributed by atoms with E-state index in [1.54, 1.807) is 11.6 Å². The molecule has 1 fully saturated rings. The SMILES string of the molecule is COC(=O)[C@H]1C[C@H](N=[N+]=[N-])CCN1B(C)O. The number of nitrogens with zero attached hydrogens (tertiary/aromatic N) is 4. The number of ether oxygens (including phenoxy) is 1. The van der Waals surface area contributed by atoms with E-state index >= 15 is 0 Å². The lowest BCUT2D eigenvalue weighted by atomic mass is 9.79. The van der Waals surface area contributed by atoms with Gasteiger partial charge in [-0.05, 0) is 31.7 Å². The maximum Gasteiger partial charge on any atom is 0.377 e. The van der Waals surface area contributed by atoms with Gasteiger partial charge in [-0.1, -0.05) is 5.11 Å². The van der Waals surface area contributed by atoms with Crippen LogP contribution < -0.4 is 0 Å². The predicted octanol–water partition coefficient (Wildman–Crippen LogP) is 0.413. The molecule has 88 valence electrons. The number of methoxy groups -OCH3 is 1. The summed E-state index contributed by atoms with van der Waals surface area (Å²) in [5, 5.41) is 13.1. The predicted molar refractivity (Wildman–Crippen MR) is 58.5 cm³/mol. The first kappa shape index (κ1) is 12.8. The molecule has 0 aliphatic carbocycles. The maximum absolute atomic E-state index is 11.5. The van der Waals surface area contributed by atoms with Gasteiger partial charge in [-0.15, -0.1) is 0 Å². The molecule has 0 unspecified atom stereocenters. The molecule has 0 saturated carbocycles. The monoisotopic (exact) mass is 226 g/mol. The summed E-state index contributed by atoms with van der Waals surface area (Å²) in [5.74, 6) is -0.404. The van der Waals surface area contributed by atoms with Gasteiger partial charge in [0.1, 0.15) is 6.04 Å². The third-order valence-electron chi connectivity index (χ3n) is 2.78. The molecule has 0 spiro atoms. The minimum absolute atomic E-state index is 0.205. The fourth-order valence-electron chi connectivity index (χ4n) is 1.96. The summed E-state index contributed by atoms with van der Waals surface area (Å²) >= 11 is 0. The standard InChI is InChI=1S/C8H15BN4O3/c1-9(15)13-4-3-6(11-12-10)5-7(13)8(14)16-2/h6-7,15H,3-5H2,1-2H3/t6-,7-/m1/s1. The first-order chi connectivity index (χ1) is 7.60. The Morgan fingerprint density at radius 2 is 2.44 bits per heavy atom. The van der Waals surface area contributed by atoms with Crippen molar-refractivity contribution in [2.24, 2.45) is 5.11 Å². The molecule has 1 rings (SSSR count). The highest BCUT2D eigenvalue weighted by atomic mass is 16.5. The first-order valence-corrected chi connectivity index (χ1v) is 5.16. The van der Waals surface area contributed by atoms with Crippen molar-refractivity contribution in [2.45, 2.75) is 31.7 Å². The van der Waals surface area contributed by atoms with E-state index in [1.807, 2.05) is 0 Å². The van der Waals surface area contributed by atoms with Gasteiger partial charge in [-0.2, -0.15) is 0 Å². The van der Waals surface area contributed by atoms with Crippen LogP contribution in [0.3, 0.4) is 0 Å². The van der Waals surface area contributed by atoms with Gasteiger partial charge >= 0.3 is 13.0 Å². The Morgan fingerprint density at radius 3 is 2.94 bits per heavy atom. The number of hydrogen-bond donors (Lipinski definition) is 1. The highest BCUT2D eigenvalue weighted by molar-refractivity contribution is 6.45. The molecule has 2 atom stereocenters. The summed E-state index contributed by atoms with van der Waals surface area (Å²) in [6.07, 6.45) is 1.03. The van der Waals surface area contributed by atoms with E-state index in [0.29, 0.717) is 19.4 Å². The molecule has 0 radical (unpaired) electrons. The van der Waals surface area contributed by atoms with E-state index in [2.05, 4.69) is 14.8 Å². The molecular weight excluding hydrogens is 211 g/mol. The van der Waals surface area contributed by atoms with E-state index in [0.717, 1.165) is 0 Å². The van der Waals surface area contributed by atoms with Gasteiger partial charge in [-0.3, -0.25) is 4.79 Å². The van der Waals surface area contributed by atoms with Crippen molar-refractivity contribution in [3.8, 4) is 0 Å². The van der Waals surface area contributed by atoms with Crippen molar-refractivity contribution < 1.29 is 14.6 Å². The molecule has 1 aliphatic rings. The van der Waals surface area contributed by atoms with Crippen LogP contribution in [-0.2, 0) is 9.53 Å². The topological polar surface area (TPSA) is 98.5 Å². The Bertz CT molecular complexity index is 306. The second-order valence-electron chi connectivity index (χ2n) is 3.79. The lowest BCUT2D eigenvalue weighted by Crippen LogP contribution is -2.54. The number of rotatable bonds is 3. The van der Waals surface area contributed by atoms with E-state index in [9.17, 15) is 9.82 Å². The molecule has 7 nitrogen and oxygen atoms in total. The van der Waals surface area contributed by atoms with Crippen molar-refractivity contribution in [2.75, 3.05) is 13.7 Å². The molecule has 0 aromatic carbocycles. The molecule has 0 aromatic heterocycles. The minimum Gasteiger partial charge on any atom is -0.468 e. The normalized spacial score (nSPS) is 25.7. The molecule has 1 aliphatic heterocycles. The minimum atomic E-state index is -0.712. The zero-order chi connectivity index (χ0) is 12.1. The number of piperidine rings is 1. The zero-order valence-corrected chi connectivity index (χ0v) is 9.41. The van der Waals surface area contributed by atoms with Crippen LogP contribution in [0.15, 0.2) is 5.11 Å². The average molecular weight is 226 g/mol. The van der Waals surface area contributed by atoms with Gasteiger partial charge < -0.3 is 14.6 Å². The summed E-state index contributed by atoms with van der Waals surface area (Å²) in [5.41, 5.74) is 8.35. The quantitative estimate of drug-likeness (QED) is 0.247. The van der Waals surface area contributed by atoms with E-state index in [-0.39, 0.29) is 6.04 Å². The average Bonchev–Trinajstić information content (AvgIpc) is 2.28. The highest BCUT2D eigenvalue weighted by Gasteiger charge is 2.37. The molecule has 1 saturated heterocycles. The van der Waals surface area contributed by atoms with Gasteiger partial charge in [0.05, 0.1) is 7.11 Å². The van der Waals surface area contributed by atoms with Crippen LogP contribution in [0, 0.1) is 0 Å². The third kappa shape index (κ3) is 2.88. The third-order valence-corrected chi connectivity index (χ3v) is 2.78. The number of carbonyl (C=O) groups is 1. The van der Waals surface area contributed by atoms with Crippen LogP contribution in [0.1, 0.15) is 12.8 Å². The number of carbonyl (C=O) groups excluding carboxylic acids is 1. The van der Waals surface area contributed by atoms with E-state index in [4.69, 9.17) is 5.53 Å². The Kier molecular flexibility index (Phi) is 4.60. The van der Waals surface area contributed by atoms with Crippen LogP contribution in [0.2, 0.25) is 6.82 Å². The summed E-state index contributed by atoms with van der Waals surface area (Å²) in [6.45, 7) is 2.12. The fraction of sp³-hybridized carbons (Fsp3) is 0.875. The fourth-order valence-corrected chi connectivity index (χ4v) is 1.96. The van der Waals surface area contributed by atoms with Gasteiger partial charge in [-0.25, -0.2) is 0 Å². The summed E-state index contributed by atoms with van der Waals surface area (Å²) < 4.78 is 4.67. The summed E-state index contributed by atoms with van der Waals surface area (Å²) in [7, 11) is 0.593. The van der Waals surface area contributed by atoms with Gasteiger partial charge in [0.2, 0.25) is 0 Å². The van der Waals surface area contributed by atoms with Crippen LogP contribution in [0.25, 0.3) is 10.4 Å². The van der Waals surface area contributed by atoms with Crippen molar-refractivity contribution in [3.05, 3.63) is 10.4 Å². The largest absolute Gasteiger partial charge is 0.468 e. The van der Waals surface area contributed by atoms with Gasteiger partial charge in [0, 0.05) is 11.0 Å².